The Morgan fingerprint density at radius 1 is 0.847 bits per heavy atom. The van der Waals surface area contributed by atoms with Crippen LogP contribution in [0.3, 0.4) is 0 Å². The van der Waals surface area contributed by atoms with E-state index in [1.54, 1.807) is 16.9 Å². The fraction of sp³-hybridized carbons (Fsp3) is 0.434. The third-order valence-electron chi connectivity index (χ3n) is 13.3. The second-order valence-corrected chi connectivity index (χ2v) is 19.1. The Bertz CT molecular complexity index is 2820. The molecule has 5 atom stereocenters. The van der Waals surface area contributed by atoms with Crippen LogP contribution in [-0.4, -0.2) is 122 Å². The average Bonchev–Trinajstić information content (AvgIpc) is 4.08. The van der Waals surface area contributed by atoms with Gasteiger partial charge >= 0.3 is 0 Å². The highest BCUT2D eigenvalue weighted by Gasteiger charge is 2.45. The maximum absolute atomic E-state index is 15.3. The summed E-state index contributed by atoms with van der Waals surface area (Å²) in [5.74, 6) is -3.49. The zero-order valence-electron chi connectivity index (χ0n) is 40.7. The van der Waals surface area contributed by atoms with Gasteiger partial charge in [-0.05, 0) is 85.5 Å². The maximum atomic E-state index is 15.3. The van der Waals surface area contributed by atoms with Crippen LogP contribution in [0.25, 0.3) is 10.9 Å². The van der Waals surface area contributed by atoms with E-state index in [1.165, 1.54) is 24.0 Å². The van der Waals surface area contributed by atoms with Crippen molar-refractivity contribution >= 4 is 46.3 Å². The number of hydrogen-bond donors (Lipinski definition) is 6. The second-order valence-electron chi connectivity index (χ2n) is 19.1. The van der Waals surface area contributed by atoms with Crippen molar-refractivity contribution in [2.75, 3.05) is 26.2 Å². The summed E-state index contributed by atoms with van der Waals surface area (Å²) in [6.45, 7) is 4.17. The molecular formula is C53H63FN10O8. The van der Waals surface area contributed by atoms with Crippen LogP contribution in [0.15, 0.2) is 85.2 Å². The number of aliphatic hydroxyl groups excluding tert-OH is 1. The summed E-state index contributed by atoms with van der Waals surface area (Å²) in [5, 5.41) is 33.6. The molecule has 1 fully saturated rings. The summed E-state index contributed by atoms with van der Waals surface area (Å²) < 4.78 is 25.1. The first-order valence-electron chi connectivity index (χ1n) is 24.7. The molecule has 18 nitrogen and oxygen atoms in total. The minimum atomic E-state index is -1.35. The third-order valence-corrected chi connectivity index (χ3v) is 13.3. The van der Waals surface area contributed by atoms with Gasteiger partial charge in [0.2, 0.25) is 35.4 Å². The van der Waals surface area contributed by atoms with E-state index in [4.69, 9.17) is 4.74 Å². The summed E-state index contributed by atoms with van der Waals surface area (Å²) in [5.41, 5.74) is 6.27. The summed E-state index contributed by atoms with van der Waals surface area (Å²) in [6.07, 6.45) is 8.53. The fourth-order valence-corrected chi connectivity index (χ4v) is 9.63. The first-order chi connectivity index (χ1) is 34.8. The number of carbonyl (C=O) groups is 6. The van der Waals surface area contributed by atoms with Crippen LogP contribution in [0, 0.1) is 12.7 Å². The normalized spacial score (nSPS) is 22.3. The first-order valence-corrected chi connectivity index (χ1v) is 24.7. The number of aryl methyl sites for hydroxylation is 1. The van der Waals surface area contributed by atoms with E-state index < -0.39 is 66.3 Å². The van der Waals surface area contributed by atoms with Crippen LogP contribution in [0.4, 0.5) is 4.39 Å². The van der Waals surface area contributed by atoms with Gasteiger partial charge in [0, 0.05) is 62.4 Å². The minimum absolute atomic E-state index is 0.0211. The average molecular weight is 987 g/mol. The molecule has 3 aliphatic rings. The van der Waals surface area contributed by atoms with Crippen molar-refractivity contribution in [3.8, 4) is 0 Å². The summed E-state index contributed by atoms with van der Waals surface area (Å²) >= 11 is 0. The highest BCUT2D eigenvalue weighted by molar-refractivity contribution is 5.96. The number of nitrogens with zero attached hydrogens (tertiary/aromatic N) is 5. The number of amides is 6. The van der Waals surface area contributed by atoms with Gasteiger partial charge in [0.25, 0.3) is 0 Å². The van der Waals surface area contributed by atoms with Gasteiger partial charge in [-0.3, -0.25) is 28.8 Å². The standard InChI is InChI=1S/C53H63FN10O8/c1-33-14-15-37-27-55-47(66)12-4-3-5-13-48(67)56-28-49(68)58-43-23-36-11-8-10-35(22-36)9-6-7-20-72-46-18-19-64(50(46)52(70)57-26-34(2)65)53(71)44(59-51(43)69)24-39-29-62(45-17-16-40(54)25-42(39)45)31-41-32-63(61-60-41)30-38(37)21-33/h6-8,10-11,14-17,21-22,25,29,32,34,43-44,46,50,65H,3-5,9,12-13,18-20,23-24,26-28,30-31H2,1-2H3,(H,55,66)(H,56,67)(H,57,70)(H,58,68)(H,59,69)/b7-6+/t34-,43+,44+,46?,50+/m1/s1. The molecule has 10 bridgehead atoms. The van der Waals surface area contributed by atoms with Crippen LogP contribution in [0.2, 0.25) is 0 Å². The van der Waals surface area contributed by atoms with E-state index in [2.05, 4.69) is 36.9 Å². The van der Waals surface area contributed by atoms with E-state index in [9.17, 15) is 29.1 Å². The number of aliphatic hydroxyl groups is 1. The number of rotatable bonds is 3. The lowest BCUT2D eigenvalue weighted by Gasteiger charge is -2.31. The van der Waals surface area contributed by atoms with Gasteiger partial charge in [-0.15, -0.1) is 5.10 Å². The quantitative estimate of drug-likeness (QED) is 0.145. The van der Waals surface area contributed by atoms with Crippen molar-refractivity contribution in [1.82, 2.24) is 51.0 Å². The molecule has 0 radical (unpaired) electrons. The first kappa shape index (κ1) is 51.1. The molecule has 19 heteroatoms. The summed E-state index contributed by atoms with van der Waals surface area (Å²) in [7, 11) is 0. The largest absolute Gasteiger partial charge is 0.392 e. The monoisotopic (exact) mass is 986 g/mol. The van der Waals surface area contributed by atoms with Crippen molar-refractivity contribution < 1.29 is 43.0 Å². The molecule has 2 aromatic heterocycles. The highest BCUT2D eigenvalue weighted by atomic mass is 19.1. The minimum Gasteiger partial charge on any atom is -0.392 e. The molecule has 5 aromatic rings. The Hall–Kier alpha value is -7.25. The van der Waals surface area contributed by atoms with Crippen molar-refractivity contribution in [3.63, 3.8) is 0 Å². The molecule has 72 heavy (non-hydrogen) atoms. The summed E-state index contributed by atoms with van der Waals surface area (Å²) in [4.78, 5) is 84.9. The zero-order valence-corrected chi connectivity index (χ0v) is 40.7. The lowest BCUT2D eigenvalue weighted by molar-refractivity contribution is -0.144. The van der Waals surface area contributed by atoms with Crippen molar-refractivity contribution in [1.29, 1.82) is 0 Å². The Morgan fingerprint density at radius 2 is 1.64 bits per heavy atom. The Kier molecular flexibility index (Phi) is 16.9. The van der Waals surface area contributed by atoms with E-state index in [-0.39, 0.29) is 63.7 Å². The molecule has 6 N–H and O–H groups in total. The van der Waals surface area contributed by atoms with Crippen LogP contribution < -0.4 is 26.6 Å². The number of hydrogen-bond acceptors (Lipinski definition) is 10. The molecule has 380 valence electrons. The number of aromatic nitrogens is 4. The van der Waals surface area contributed by atoms with Gasteiger partial charge in [0.05, 0.1) is 44.6 Å². The molecular weight excluding hydrogens is 924 g/mol. The number of nitrogens with one attached hydrogen (secondary N) is 5. The molecule has 1 unspecified atom stereocenters. The number of halogens is 1. The molecule has 0 spiro atoms. The van der Waals surface area contributed by atoms with Crippen molar-refractivity contribution in [2.45, 2.75) is 122 Å². The van der Waals surface area contributed by atoms with E-state index in [1.807, 2.05) is 72.3 Å². The molecule has 3 aromatic carbocycles. The Labute approximate surface area is 417 Å². The number of benzene rings is 3. The maximum Gasteiger partial charge on any atom is 0.246 e. The van der Waals surface area contributed by atoms with Gasteiger partial charge in [-0.25, -0.2) is 9.07 Å². The van der Waals surface area contributed by atoms with Crippen LogP contribution in [0.1, 0.15) is 84.5 Å². The molecule has 6 amide bonds. The molecule has 8 rings (SSSR count). The second kappa shape index (κ2) is 23.8. The number of allylic oxidation sites excluding steroid dienone is 1. The zero-order chi connectivity index (χ0) is 50.7. The predicted molar refractivity (Wildman–Crippen MR) is 264 cm³/mol. The SMILES string of the molecule is Cc1ccc2c(c1)Cn1cc(nn1)Cn1cc(c3cc(F)ccc31)C[C@@H]1NC(=O)[C@H](Cc3cccc(c3)C/C=C/COC3CCN(C1=O)[C@@H]3C(=O)NC[C@@H](C)O)NC(=O)CNC(=O)CCCCCC(=O)NC2. The molecule has 3 aliphatic heterocycles. The van der Waals surface area contributed by atoms with E-state index in [0.29, 0.717) is 67.4 Å². The van der Waals surface area contributed by atoms with Crippen LogP contribution in [-0.2, 0) is 72.4 Å². The van der Waals surface area contributed by atoms with Gasteiger partial charge in [0.1, 0.15) is 29.6 Å². The van der Waals surface area contributed by atoms with Crippen LogP contribution in [0.5, 0.6) is 0 Å². The molecule has 5 heterocycles. The number of ether oxygens (including phenoxy) is 1. The van der Waals surface area contributed by atoms with E-state index >= 15 is 9.18 Å². The molecule has 0 aliphatic carbocycles. The third kappa shape index (κ3) is 13.4. The van der Waals surface area contributed by atoms with E-state index in [0.717, 1.165) is 27.8 Å². The molecule has 0 saturated carbocycles. The fourth-order valence-electron chi connectivity index (χ4n) is 9.63. The predicted octanol–water partition coefficient (Wildman–Crippen LogP) is 2.82. The highest BCUT2D eigenvalue weighted by Crippen LogP contribution is 2.28. The lowest BCUT2D eigenvalue weighted by atomic mass is 9.99. The van der Waals surface area contributed by atoms with Gasteiger partial charge in [-0.1, -0.05) is 71.8 Å². The molecule has 1 saturated heterocycles. The topological polar surface area (TPSA) is 231 Å². The number of fused-ring (bicyclic) bond motifs is 15. The van der Waals surface area contributed by atoms with Gasteiger partial charge in [-0.2, -0.15) is 0 Å². The van der Waals surface area contributed by atoms with Crippen LogP contribution >= 0.6 is 0 Å². The Balaban J connectivity index is 1.17. The Morgan fingerprint density at radius 3 is 2.44 bits per heavy atom. The van der Waals surface area contributed by atoms with Crippen molar-refractivity contribution in [3.05, 3.63) is 130 Å². The van der Waals surface area contributed by atoms with Gasteiger partial charge < -0.3 is 45.9 Å². The van der Waals surface area contributed by atoms with Crippen molar-refractivity contribution in [2.24, 2.45) is 0 Å². The summed E-state index contributed by atoms with van der Waals surface area (Å²) in [6, 6.07) is 14.2. The number of carbonyl (C=O) groups excluding carboxylic acids is 6. The lowest BCUT2D eigenvalue weighted by Crippen LogP contribution is -2.59. The van der Waals surface area contributed by atoms with Gasteiger partial charge in [0.15, 0.2) is 0 Å². The smallest absolute Gasteiger partial charge is 0.246 e.